The number of Topliss-reactive ketones (excluding diaryl/α,β-unsaturated/α-hetero) is 1. The van der Waals surface area contributed by atoms with Gasteiger partial charge in [0.2, 0.25) is 5.91 Å². The van der Waals surface area contributed by atoms with Crippen LogP contribution in [0, 0.1) is 5.41 Å². The summed E-state index contributed by atoms with van der Waals surface area (Å²) in [6, 6.07) is 10.9. The topological polar surface area (TPSA) is 116 Å². The SMILES string of the molecule is CNC(=O)NCCC1(C(=O)NC(Cc2ccc(NC(=O)c3c(Cl)cccc3Cl)cc2)C(C)=O)CCCC1. The minimum Gasteiger partial charge on any atom is -0.345 e. The number of carbonyl (C=O) groups excluding carboxylic acids is 4. The van der Waals surface area contributed by atoms with Crippen LogP contribution in [0.15, 0.2) is 42.5 Å². The standard InChI is InChI=1S/C27H32Cl2N4O4/c1-17(34)22(33-25(36)27(12-3-4-13-27)14-15-31-26(37)30-2)16-18-8-10-19(11-9-18)32-24(35)23-20(28)6-5-7-21(23)29/h5-11,22H,3-4,12-16H2,1-2H3,(H,32,35)(H,33,36)(H2,30,31,37). The van der Waals surface area contributed by atoms with Gasteiger partial charge in [0.05, 0.1) is 27.1 Å². The van der Waals surface area contributed by atoms with Gasteiger partial charge in [0.1, 0.15) is 0 Å². The molecule has 4 amide bonds. The van der Waals surface area contributed by atoms with Crippen LogP contribution in [-0.2, 0) is 16.0 Å². The minimum atomic E-state index is -0.681. The molecule has 1 unspecified atom stereocenters. The molecule has 0 bridgehead atoms. The first kappa shape index (κ1) is 28.5. The third-order valence-corrected chi connectivity index (χ3v) is 7.43. The van der Waals surface area contributed by atoms with E-state index in [1.165, 1.54) is 6.92 Å². The number of ketones is 1. The van der Waals surface area contributed by atoms with Gasteiger partial charge in [-0.25, -0.2) is 4.79 Å². The molecule has 0 spiro atoms. The van der Waals surface area contributed by atoms with Crippen LogP contribution in [0.5, 0.6) is 0 Å². The highest BCUT2D eigenvalue weighted by Gasteiger charge is 2.41. The maximum Gasteiger partial charge on any atom is 0.314 e. The van der Waals surface area contributed by atoms with Crippen LogP contribution in [0.1, 0.15) is 54.9 Å². The Morgan fingerprint density at radius 3 is 2.16 bits per heavy atom. The van der Waals surface area contributed by atoms with E-state index in [9.17, 15) is 19.2 Å². The summed E-state index contributed by atoms with van der Waals surface area (Å²) in [5.41, 5.74) is 0.974. The van der Waals surface area contributed by atoms with E-state index in [1.54, 1.807) is 49.5 Å². The highest BCUT2D eigenvalue weighted by molar-refractivity contribution is 6.40. The van der Waals surface area contributed by atoms with Crippen molar-refractivity contribution in [1.82, 2.24) is 16.0 Å². The molecule has 2 aromatic carbocycles. The predicted octanol–water partition coefficient (Wildman–Crippen LogP) is 4.74. The molecule has 198 valence electrons. The van der Waals surface area contributed by atoms with Crippen molar-refractivity contribution in [1.29, 1.82) is 0 Å². The summed E-state index contributed by atoms with van der Waals surface area (Å²) < 4.78 is 0. The molecule has 0 saturated heterocycles. The van der Waals surface area contributed by atoms with Gasteiger partial charge < -0.3 is 21.3 Å². The molecule has 1 saturated carbocycles. The van der Waals surface area contributed by atoms with E-state index in [1.807, 2.05) is 0 Å². The number of nitrogens with one attached hydrogen (secondary N) is 4. The number of urea groups is 1. The van der Waals surface area contributed by atoms with Gasteiger partial charge in [0, 0.05) is 19.3 Å². The van der Waals surface area contributed by atoms with Crippen LogP contribution in [0.4, 0.5) is 10.5 Å². The van der Waals surface area contributed by atoms with E-state index in [-0.39, 0.29) is 33.3 Å². The number of hydrogen-bond donors (Lipinski definition) is 4. The van der Waals surface area contributed by atoms with Gasteiger partial charge in [-0.15, -0.1) is 0 Å². The second kappa shape index (κ2) is 12.9. The van der Waals surface area contributed by atoms with E-state index < -0.39 is 17.4 Å². The van der Waals surface area contributed by atoms with E-state index in [2.05, 4.69) is 21.3 Å². The van der Waals surface area contributed by atoms with Crippen molar-refractivity contribution in [3.63, 3.8) is 0 Å². The quantitative estimate of drug-likeness (QED) is 0.344. The maximum atomic E-state index is 13.3. The van der Waals surface area contributed by atoms with Gasteiger partial charge in [-0.1, -0.05) is 54.2 Å². The molecule has 1 atom stereocenters. The molecule has 10 heteroatoms. The third-order valence-electron chi connectivity index (χ3n) is 6.80. The Bertz CT molecular complexity index is 1130. The minimum absolute atomic E-state index is 0.143. The van der Waals surface area contributed by atoms with E-state index in [0.717, 1.165) is 31.2 Å². The molecule has 1 aliphatic carbocycles. The van der Waals surface area contributed by atoms with Crippen molar-refractivity contribution in [3.05, 3.63) is 63.6 Å². The first-order chi connectivity index (χ1) is 17.6. The van der Waals surface area contributed by atoms with E-state index in [0.29, 0.717) is 25.1 Å². The smallest absolute Gasteiger partial charge is 0.314 e. The summed E-state index contributed by atoms with van der Waals surface area (Å²) in [7, 11) is 1.54. The lowest BCUT2D eigenvalue weighted by Crippen LogP contribution is -2.49. The largest absolute Gasteiger partial charge is 0.345 e. The molecule has 8 nitrogen and oxygen atoms in total. The Morgan fingerprint density at radius 2 is 1.59 bits per heavy atom. The average molecular weight is 547 g/mol. The highest BCUT2D eigenvalue weighted by atomic mass is 35.5. The van der Waals surface area contributed by atoms with Crippen LogP contribution >= 0.6 is 23.2 Å². The third kappa shape index (κ3) is 7.46. The summed E-state index contributed by atoms with van der Waals surface area (Å²) in [6.07, 6.45) is 4.15. The number of benzene rings is 2. The van der Waals surface area contributed by atoms with Crippen LogP contribution in [0.2, 0.25) is 10.0 Å². The van der Waals surface area contributed by atoms with Crippen LogP contribution < -0.4 is 21.3 Å². The molecule has 1 fully saturated rings. The summed E-state index contributed by atoms with van der Waals surface area (Å²) in [6.45, 7) is 1.84. The van der Waals surface area contributed by atoms with Crippen molar-refractivity contribution in [2.45, 2.75) is 51.5 Å². The average Bonchev–Trinajstić information content (AvgIpc) is 3.34. The van der Waals surface area contributed by atoms with Crippen molar-refractivity contribution in [3.8, 4) is 0 Å². The zero-order valence-corrected chi connectivity index (χ0v) is 22.5. The molecule has 2 aromatic rings. The van der Waals surface area contributed by atoms with Crippen molar-refractivity contribution >= 4 is 52.5 Å². The van der Waals surface area contributed by atoms with Crippen molar-refractivity contribution in [2.75, 3.05) is 18.9 Å². The van der Waals surface area contributed by atoms with E-state index >= 15 is 0 Å². The first-order valence-electron chi connectivity index (χ1n) is 12.3. The number of amides is 4. The van der Waals surface area contributed by atoms with Gasteiger partial charge in [-0.3, -0.25) is 14.4 Å². The fourth-order valence-corrected chi connectivity index (χ4v) is 5.19. The maximum absolute atomic E-state index is 13.3. The Balaban J connectivity index is 1.63. The highest BCUT2D eigenvalue weighted by Crippen LogP contribution is 2.41. The Morgan fingerprint density at radius 1 is 0.973 bits per heavy atom. The summed E-state index contributed by atoms with van der Waals surface area (Å²) in [5.74, 6) is -0.717. The molecule has 0 aromatic heterocycles. The second-order valence-electron chi connectivity index (χ2n) is 9.33. The molecule has 0 aliphatic heterocycles. The molecule has 4 N–H and O–H groups in total. The molecule has 1 aliphatic rings. The molecule has 0 heterocycles. The number of anilines is 1. The van der Waals surface area contributed by atoms with Gasteiger partial charge in [-0.2, -0.15) is 0 Å². The second-order valence-corrected chi connectivity index (χ2v) is 10.1. The zero-order chi connectivity index (χ0) is 27.0. The number of carbonyl (C=O) groups is 4. The summed E-state index contributed by atoms with van der Waals surface area (Å²) in [5, 5.41) is 11.5. The monoisotopic (exact) mass is 546 g/mol. The van der Waals surface area contributed by atoms with Gasteiger partial charge in [0.15, 0.2) is 5.78 Å². The number of halogens is 2. The molecule has 0 radical (unpaired) electrons. The first-order valence-corrected chi connectivity index (χ1v) is 13.0. The Kier molecular flexibility index (Phi) is 9.94. The van der Waals surface area contributed by atoms with Crippen LogP contribution in [0.3, 0.4) is 0 Å². The van der Waals surface area contributed by atoms with Gasteiger partial charge in [-0.05, 0) is 62.4 Å². The fraction of sp³-hybridized carbons (Fsp3) is 0.407. The van der Waals surface area contributed by atoms with Gasteiger partial charge >= 0.3 is 6.03 Å². The van der Waals surface area contributed by atoms with Crippen molar-refractivity contribution < 1.29 is 19.2 Å². The van der Waals surface area contributed by atoms with Crippen LogP contribution in [-0.4, -0.2) is 43.3 Å². The lowest BCUT2D eigenvalue weighted by Gasteiger charge is -2.30. The normalized spacial score (nSPS) is 14.9. The Labute approximate surface area is 226 Å². The summed E-state index contributed by atoms with van der Waals surface area (Å²) >= 11 is 12.2. The fourth-order valence-electron chi connectivity index (χ4n) is 4.62. The predicted molar refractivity (Wildman–Crippen MR) is 145 cm³/mol. The van der Waals surface area contributed by atoms with Crippen LogP contribution in [0.25, 0.3) is 0 Å². The molecule has 3 rings (SSSR count). The zero-order valence-electron chi connectivity index (χ0n) is 21.0. The summed E-state index contributed by atoms with van der Waals surface area (Å²) in [4.78, 5) is 49.9. The van der Waals surface area contributed by atoms with E-state index in [4.69, 9.17) is 23.2 Å². The van der Waals surface area contributed by atoms with Crippen molar-refractivity contribution in [2.24, 2.45) is 5.41 Å². The lowest BCUT2D eigenvalue weighted by atomic mass is 9.81. The van der Waals surface area contributed by atoms with Gasteiger partial charge in [0.25, 0.3) is 5.91 Å². The number of hydrogen-bond acceptors (Lipinski definition) is 4. The lowest BCUT2D eigenvalue weighted by molar-refractivity contribution is -0.134. The number of rotatable bonds is 10. The molecular weight excluding hydrogens is 515 g/mol. The molecular formula is C27H32Cl2N4O4. The molecule has 37 heavy (non-hydrogen) atoms. The Hall–Kier alpha value is -3.10.